The van der Waals surface area contributed by atoms with E-state index in [0.29, 0.717) is 32.3 Å². The molecule has 2 saturated heterocycles. The van der Waals surface area contributed by atoms with Crippen molar-refractivity contribution in [1.29, 1.82) is 0 Å². The van der Waals surface area contributed by atoms with E-state index < -0.39 is 15.8 Å². The second-order valence-electron chi connectivity index (χ2n) is 7.45. The fraction of sp³-hybridized carbons (Fsp3) is 0.500. The van der Waals surface area contributed by atoms with Crippen LogP contribution >= 0.6 is 0 Å². The third-order valence-electron chi connectivity index (χ3n) is 5.45. The minimum atomic E-state index is -3.79. The lowest BCUT2D eigenvalue weighted by atomic mass is 10.3. The van der Waals surface area contributed by atoms with Gasteiger partial charge in [0.05, 0.1) is 25.2 Å². The van der Waals surface area contributed by atoms with Gasteiger partial charge in [-0.1, -0.05) is 0 Å². The van der Waals surface area contributed by atoms with Crippen molar-refractivity contribution in [3.63, 3.8) is 0 Å². The molecule has 0 amide bonds. The predicted octanol–water partition coefficient (Wildman–Crippen LogP) is 1.28. The van der Waals surface area contributed by atoms with Crippen molar-refractivity contribution in [3.8, 4) is 5.75 Å². The van der Waals surface area contributed by atoms with E-state index in [1.165, 1.54) is 23.5 Å². The fourth-order valence-corrected chi connectivity index (χ4v) is 5.15. The predicted molar refractivity (Wildman–Crippen MR) is 114 cm³/mol. The monoisotopic (exact) mass is 451 g/mol. The van der Waals surface area contributed by atoms with Gasteiger partial charge in [-0.25, -0.2) is 17.8 Å². The van der Waals surface area contributed by atoms with E-state index in [9.17, 15) is 12.8 Å². The minimum absolute atomic E-state index is 0.0129. The Morgan fingerprint density at radius 1 is 1.00 bits per heavy atom. The van der Waals surface area contributed by atoms with E-state index in [2.05, 4.69) is 14.8 Å². The molecule has 1 aromatic heterocycles. The second-order valence-corrected chi connectivity index (χ2v) is 9.39. The maximum Gasteiger partial charge on any atom is 0.243 e. The van der Waals surface area contributed by atoms with E-state index in [-0.39, 0.29) is 23.7 Å². The van der Waals surface area contributed by atoms with Crippen LogP contribution in [0.25, 0.3) is 0 Å². The number of piperazine rings is 1. The van der Waals surface area contributed by atoms with Crippen LogP contribution in [0.3, 0.4) is 0 Å². The summed E-state index contributed by atoms with van der Waals surface area (Å²) in [5.41, 5.74) is 0.857. The molecule has 4 rings (SSSR count). The number of anilines is 2. The number of rotatable bonds is 5. The summed E-state index contributed by atoms with van der Waals surface area (Å²) in [6.45, 7) is 6.24. The van der Waals surface area contributed by atoms with Gasteiger partial charge < -0.3 is 19.3 Å². The van der Waals surface area contributed by atoms with Gasteiger partial charge in [0.25, 0.3) is 0 Å². The summed E-state index contributed by atoms with van der Waals surface area (Å²) in [7, 11) is -2.45. The van der Waals surface area contributed by atoms with Crippen LogP contribution in [0, 0.1) is 12.7 Å². The molecule has 3 heterocycles. The van der Waals surface area contributed by atoms with Gasteiger partial charge in [0.15, 0.2) is 11.6 Å². The van der Waals surface area contributed by atoms with Crippen LogP contribution in [-0.4, -0.2) is 82.3 Å². The molecule has 0 saturated carbocycles. The lowest BCUT2D eigenvalue weighted by Gasteiger charge is -2.35. The van der Waals surface area contributed by atoms with E-state index in [1.54, 1.807) is 0 Å². The molecule has 11 heteroatoms. The van der Waals surface area contributed by atoms with Crippen LogP contribution in [-0.2, 0) is 14.8 Å². The average molecular weight is 452 g/mol. The normalized spacial score (nSPS) is 18.3. The Balaban J connectivity index is 1.47. The molecular formula is C20H26FN5O4S. The molecule has 2 fully saturated rings. The van der Waals surface area contributed by atoms with Gasteiger partial charge in [-0.15, -0.1) is 0 Å². The van der Waals surface area contributed by atoms with Crippen LogP contribution in [0.1, 0.15) is 5.69 Å². The lowest BCUT2D eigenvalue weighted by Crippen LogP contribution is -2.49. The molecule has 0 spiro atoms. The standard InChI is InChI=1S/C20H26FN5O4S/c1-15-13-19(23-20(22-15)25-9-11-30-12-10-25)24-5-7-26(8-6-24)31(27,28)16-3-4-18(29-2)17(21)14-16/h3-4,13-14H,5-12H2,1-2H3. The molecule has 0 N–H and O–H groups in total. The molecule has 1 aromatic carbocycles. The van der Waals surface area contributed by atoms with Gasteiger partial charge in [-0.3, -0.25) is 0 Å². The zero-order valence-corrected chi connectivity index (χ0v) is 18.4. The van der Waals surface area contributed by atoms with Crippen LogP contribution < -0.4 is 14.5 Å². The zero-order chi connectivity index (χ0) is 22.0. The largest absolute Gasteiger partial charge is 0.494 e. The SMILES string of the molecule is COc1ccc(S(=O)(=O)N2CCN(c3cc(C)nc(N4CCOCC4)n3)CC2)cc1F. The average Bonchev–Trinajstić information content (AvgIpc) is 2.79. The molecule has 0 bridgehead atoms. The molecule has 2 aromatic rings. The molecule has 168 valence electrons. The number of hydrogen-bond acceptors (Lipinski definition) is 8. The summed E-state index contributed by atoms with van der Waals surface area (Å²) in [4.78, 5) is 13.3. The first kappa shape index (κ1) is 21.7. The van der Waals surface area contributed by atoms with Gasteiger partial charge in [0.1, 0.15) is 5.82 Å². The highest BCUT2D eigenvalue weighted by molar-refractivity contribution is 7.89. The van der Waals surface area contributed by atoms with E-state index in [1.807, 2.05) is 13.0 Å². The first-order valence-corrected chi connectivity index (χ1v) is 11.6. The molecule has 9 nitrogen and oxygen atoms in total. The molecule has 31 heavy (non-hydrogen) atoms. The summed E-state index contributed by atoms with van der Waals surface area (Å²) in [6.07, 6.45) is 0. The fourth-order valence-electron chi connectivity index (χ4n) is 3.72. The van der Waals surface area contributed by atoms with Crippen LogP contribution in [0.4, 0.5) is 16.2 Å². The first-order chi connectivity index (χ1) is 14.9. The Morgan fingerprint density at radius 2 is 1.71 bits per heavy atom. The number of benzene rings is 1. The van der Waals surface area contributed by atoms with Gasteiger partial charge in [-0.05, 0) is 25.1 Å². The van der Waals surface area contributed by atoms with Crippen LogP contribution in [0.2, 0.25) is 0 Å². The van der Waals surface area contributed by atoms with Gasteiger partial charge in [0.2, 0.25) is 16.0 Å². The summed E-state index contributed by atoms with van der Waals surface area (Å²) in [5.74, 6) is 0.761. The Hall–Kier alpha value is -2.50. The number of hydrogen-bond donors (Lipinski definition) is 0. The van der Waals surface area contributed by atoms with Crippen molar-refractivity contribution >= 4 is 21.8 Å². The number of ether oxygens (including phenoxy) is 2. The number of nitrogens with zero attached hydrogens (tertiary/aromatic N) is 5. The van der Waals surface area contributed by atoms with Crippen LogP contribution in [0.5, 0.6) is 5.75 Å². The molecule has 0 radical (unpaired) electrons. The number of methoxy groups -OCH3 is 1. The summed E-state index contributed by atoms with van der Waals surface area (Å²) in [5, 5.41) is 0. The van der Waals surface area contributed by atoms with E-state index >= 15 is 0 Å². The molecular weight excluding hydrogens is 425 g/mol. The Morgan fingerprint density at radius 3 is 2.35 bits per heavy atom. The molecule has 2 aliphatic rings. The lowest BCUT2D eigenvalue weighted by molar-refractivity contribution is 0.122. The minimum Gasteiger partial charge on any atom is -0.494 e. The number of aromatic nitrogens is 2. The Kier molecular flexibility index (Phi) is 6.26. The van der Waals surface area contributed by atoms with E-state index in [4.69, 9.17) is 14.5 Å². The maximum absolute atomic E-state index is 14.0. The quantitative estimate of drug-likeness (QED) is 0.672. The highest BCUT2D eigenvalue weighted by atomic mass is 32.2. The van der Waals surface area contributed by atoms with Crippen LogP contribution in [0.15, 0.2) is 29.2 Å². The van der Waals surface area contributed by atoms with Gasteiger partial charge in [-0.2, -0.15) is 9.29 Å². The zero-order valence-electron chi connectivity index (χ0n) is 17.6. The summed E-state index contributed by atoms with van der Waals surface area (Å²) >= 11 is 0. The third-order valence-corrected chi connectivity index (χ3v) is 7.34. The molecule has 0 aliphatic carbocycles. The molecule has 2 aliphatic heterocycles. The number of halogens is 1. The topological polar surface area (TPSA) is 88.1 Å². The van der Waals surface area contributed by atoms with Gasteiger partial charge >= 0.3 is 0 Å². The number of sulfonamides is 1. The highest BCUT2D eigenvalue weighted by Crippen LogP contribution is 2.25. The van der Waals surface area contributed by atoms with Crippen molar-refractivity contribution in [1.82, 2.24) is 14.3 Å². The van der Waals surface area contributed by atoms with Crippen molar-refractivity contribution < 1.29 is 22.3 Å². The third kappa shape index (κ3) is 4.58. The first-order valence-electron chi connectivity index (χ1n) is 10.2. The number of aryl methyl sites for hydroxylation is 1. The van der Waals surface area contributed by atoms with Crippen molar-refractivity contribution in [2.75, 3.05) is 69.4 Å². The molecule has 0 unspecified atom stereocenters. The van der Waals surface area contributed by atoms with Crippen molar-refractivity contribution in [2.24, 2.45) is 0 Å². The highest BCUT2D eigenvalue weighted by Gasteiger charge is 2.30. The van der Waals surface area contributed by atoms with E-state index in [0.717, 1.165) is 30.7 Å². The van der Waals surface area contributed by atoms with Crippen molar-refractivity contribution in [3.05, 3.63) is 35.8 Å². The smallest absolute Gasteiger partial charge is 0.243 e. The van der Waals surface area contributed by atoms with Crippen molar-refractivity contribution in [2.45, 2.75) is 11.8 Å². The summed E-state index contributed by atoms with van der Waals surface area (Å²) < 4.78 is 51.6. The molecule has 0 atom stereocenters. The maximum atomic E-state index is 14.0. The summed E-state index contributed by atoms with van der Waals surface area (Å²) in [6, 6.07) is 5.61. The van der Waals surface area contributed by atoms with Gasteiger partial charge in [0, 0.05) is 51.0 Å². The Bertz CT molecular complexity index is 1040. The number of morpholine rings is 1. The Labute approximate surface area is 181 Å². The second kappa shape index (κ2) is 8.93.